The quantitative estimate of drug-likeness (QED) is 0.802. The summed E-state index contributed by atoms with van der Waals surface area (Å²) in [5.74, 6) is 0.896. The largest absolute Gasteiger partial charge is 0.445 e. The second-order valence-corrected chi connectivity index (χ2v) is 8.54. The Balaban J connectivity index is 1.89. The number of hydrogen-bond donors (Lipinski definition) is 0. The Bertz CT molecular complexity index is 712. The molecule has 2 saturated heterocycles. The lowest BCUT2D eigenvalue weighted by Gasteiger charge is -2.43. The number of piperazine rings is 1. The summed E-state index contributed by atoms with van der Waals surface area (Å²) in [6.45, 7) is 7.58. The van der Waals surface area contributed by atoms with Gasteiger partial charge in [0.05, 0.1) is 17.5 Å². The Morgan fingerprint density at radius 3 is 2.57 bits per heavy atom. The number of rotatable bonds is 3. The molecule has 1 aromatic heterocycles. The molecule has 2 aliphatic heterocycles. The number of aryl methyl sites for hydroxylation is 2. The van der Waals surface area contributed by atoms with Crippen molar-refractivity contribution < 1.29 is 17.6 Å². The van der Waals surface area contributed by atoms with Crippen LogP contribution in [0.1, 0.15) is 35.5 Å². The smallest absolute Gasteiger partial charge is 0.276 e. The molecule has 2 fully saturated rings. The van der Waals surface area contributed by atoms with Gasteiger partial charge in [-0.05, 0) is 19.9 Å². The number of carbonyl (C=O) groups is 1. The van der Waals surface area contributed by atoms with Gasteiger partial charge in [0.1, 0.15) is 5.76 Å². The van der Waals surface area contributed by atoms with Crippen LogP contribution in [0.5, 0.6) is 0 Å². The number of aromatic nitrogens is 1. The Labute approximate surface area is 136 Å². The number of fused-ring (bicyclic) bond motifs is 1. The predicted octanol–water partition coefficient (Wildman–Crippen LogP) is 0.625. The van der Waals surface area contributed by atoms with Crippen molar-refractivity contribution in [3.8, 4) is 0 Å². The van der Waals surface area contributed by atoms with Crippen molar-refractivity contribution in [3.05, 3.63) is 17.3 Å². The molecule has 0 aromatic carbocycles. The third-order valence-electron chi connectivity index (χ3n) is 4.67. The number of sulfone groups is 1. The van der Waals surface area contributed by atoms with Crippen LogP contribution < -0.4 is 0 Å². The minimum Gasteiger partial charge on any atom is -0.445 e. The highest BCUT2D eigenvalue weighted by atomic mass is 32.2. The molecular formula is C15H23N3O4S. The molecule has 3 rings (SSSR count). The highest BCUT2D eigenvalue weighted by Gasteiger charge is 2.48. The van der Waals surface area contributed by atoms with Crippen LogP contribution in [0.25, 0.3) is 0 Å². The Morgan fingerprint density at radius 2 is 1.96 bits per heavy atom. The fraction of sp³-hybridized carbons (Fsp3) is 0.733. The van der Waals surface area contributed by atoms with Gasteiger partial charge in [-0.25, -0.2) is 13.4 Å². The number of amides is 1. The van der Waals surface area contributed by atoms with Crippen LogP contribution in [-0.4, -0.2) is 72.3 Å². The minimum absolute atomic E-state index is 0.0412. The molecule has 1 aromatic rings. The van der Waals surface area contributed by atoms with Crippen LogP contribution in [0.2, 0.25) is 0 Å². The monoisotopic (exact) mass is 341 g/mol. The zero-order chi connectivity index (χ0) is 16.8. The molecular weight excluding hydrogens is 318 g/mol. The van der Waals surface area contributed by atoms with Crippen LogP contribution in [0.4, 0.5) is 0 Å². The van der Waals surface area contributed by atoms with Gasteiger partial charge in [0.25, 0.3) is 5.91 Å². The average Bonchev–Trinajstić information content (AvgIpc) is 2.97. The maximum Gasteiger partial charge on any atom is 0.276 e. The first-order chi connectivity index (χ1) is 10.8. The summed E-state index contributed by atoms with van der Waals surface area (Å²) < 4.78 is 29.6. The van der Waals surface area contributed by atoms with E-state index in [-0.39, 0.29) is 29.5 Å². The third kappa shape index (κ3) is 3.01. The van der Waals surface area contributed by atoms with E-state index >= 15 is 0 Å². The van der Waals surface area contributed by atoms with Crippen LogP contribution in [-0.2, 0) is 9.84 Å². The molecule has 0 N–H and O–H groups in total. The zero-order valence-corrected chi connectivity index (χ0v) is 14.6. The molecule has 3 heterocycles. The molecule has 2 aliphatic rings. The predicted molar refractivity (Wildman–Crippen MR) is 85.1 cm³/mol. The highest BCUT2D eigenvalue weighted by Crippen LogP contribution is 2.28. The summed E-state index contributed by atoms with van der Waals surface area (Å²) in [4.78, 5) is 20.9. The molecule has 23 heavy (non-hydrogen) atoms. The number of nitrogens with zero attached hydrogens (tertiary/aromatic N) is 3. The van der Waals surface area contributed by atoms with Gasteiger partial charge in [-0.3, -0.25) is 9.69 Å². The van der Waals surface area contributed by atoms with Crippen molar-refractivity contribution in [2.75, 3.05) is 31.1 Å². The first-order valence-electron chi connectivity index (χ1n) is 8.02. The van der Waals surface area contributed by atoms with Crippen molar-refractivity contribution in [1.29, 1.82) is 0 Å². The van der Waals surface area contributed by atoms with E-state index in [9.17, 15) is 13.2 Å². The zero-order valence-electron chi connectivity index (χ0n) is 13.8. The molecule has 0 bridgehead atoms. The summed E-state index contributed by atoms with van der Waals surface area (Å²) in [5.41, 5.74) is 0.300. The van der Waals surface area contributed by atoms with E-state index in [0.29, 0.717) is 30.4 Å². The van der Waals surface area contributed by atoms with E-state index in [2.05, 4.69) is 16.8 Å². The maximum absolute atomic E-state index is 12.8. The van der Waals surface area contributed by atoms with Crippen LogP contribution >= 0.6 is 0 Å². The maximum atomic E-state index is 12.8. The Morgan fingerprint density at radius 1 is 1.26 bits per heavy atom. The molecule has 0 saturated carbocycles. The molecule has 8 heteroatoms. The van der Waals surface area contributed by atoms with E-state index in [1.165, 1.54) is 0 Å². The Kier molecular flexibility index (Phi) is 4.22. The first kappa shape index (κ1) is 16.4. The second-order valence-electron chi connectivity index (χ2n) is 6.38. The molecule has 0 aliphatic carbocycles. The van der Waals surface area contributed by atoms with Crippen LogP contribution in [0.3, 0.4) is 0 Å². The molecule has 7 nitrogen and oxygen atoms in total. The third-order valence-corrected chi connectivity index (χ3v) is 6.37. The van der Waals surface area contributed by atoms with Crippen molar-refractivity contribution >= 4 is 15.7 Å². The summed E-state index contributed by atoms with van der Waals surface area (Å²) in [6, 6.07) is -0.393. The molecule has 0 unspecified atom stereocenters. The SMILES string of the molecule is CCCN1CCN(C(=O)c2nc(C)oc2C)[C@@H]2CS(=O)(=O)C[C@@H]21. The lowest BCUT2D eigenvalue weighted by atomic mass is 10.0. The fourth-order valence-corrected chi connectivity index (χ4v) is 5.72. The fourth-order valence-electron chi connectivity index (χ4n) is 3.71. The van der Waals surface area contributed by atoms with Gasteiger partial charge < -0.3 is 9.32 Å². The molecule has 128 valence electrons. The number of hydrogen-bond acceptors (Lipinski definition) is 6. The van der Waals surface area contributed by atoms with E-state index in [1.54, 1.807) is 18.7 Å². The summed E-state index contributed by atoms with van der Waals surface area (Å²) in [7, 11) is -3.11. The van der Waals surface area contributed by atoms with Crippen LogP contribution in [0.15, 0.2) is 4.42 Å². The van der Waals surface area contributed by atoms with Crippen molar-refractivity contribution in [2.45, 2.75) is 39.3 Å². The summed E-state index contributed by atoms with van der Waals surface area (Å²) in [6.07, 6.45) is 0.971. The molecule has 1 amide bonds. The number of carbonyl (C=O) groups excluding carboxylic acids is 1. The van der Waals surface area contributed by atoms with Gasteiger partial charge in [-0.2, -0.15) is 0 Å². The second kappa shape index (κ2) is 5.90. The molecule has 2 atom stereocenters. The molecule has 0 spiro atoms. The van der Waals surface area contributed by atoms with E-state index in [0.717, 1.165) is 13.0 Å². The van der Waals surface area contributed by atoms with E-state index in [4.69, 9.17) is 4.42 Å². The van der Waals surface area contributed by atoms with Crippen molar-refractivity contribution in [3.63, 3.8) is 0 Å². The lowest BCUT2D eigenvalue weighted by Crippen LogP contribution is -2.60. The van der Waals surface area contributed by atoms with Gasteiger partial charge in [0.15, 0.2) is 21.4 Å². The lowest BCUT2D eigenvalue weighted by molar-refractivity contribution is 0.0327. The normalized spacial score (nSPS) is 27.2. The summed E-state index contributed by atoms with van der Waals surface area (Å²) >= 11 is 0. The van der Waals surface area contributed by atoms with Gasteiger partial charge in [-0.15, -0.1) is 0 Å². The average molecular weight is 341 g/mol. The standard InChI is InChI=1S/C15H23N3O4S/c1-4-5-17-6-7-18(13-9-23(20,21)8-12(13)17)15(19)14-10(2)22-11(3)16-14/h12-13H,4-9H2,1-3H3/t12-,13+/m0/s1. The van der Waals surface area contributed by atoms with Crippen molar-refractivity contribution in [1.82, 2.24) is 14.8 Å². The van der Waals surface area contributed by atoms with Gasteiger partial charge in [0, 0.05) is 26.1 Å². The van der Waals surface area contributed by atoms with E-state index in [1.807, 2.05) is 0 Å². The van der Waals surface area contributed by atoms with Gasteiger partial charge >= 0.3 is 0 Å². The minimum atomic E-state index is -3.11. The number of oxazole rings is 1. The topological polar surface area (TPSA) is 83.7 Å². The van der Waals surface area contributed by atoms with Crippen molar-refractivity contribution in [2.24, 2.45) is 0 Å². The van der Waals surface area contributed by atoms with Gasteiger partial charge in [-0.1, -0.05) is 6.92 Å². The van der Waals surface area contributed by atoms with Gasteiger partial charge in [0.2, 0.25) is 0 Å². The van der Waals surface area contributed by atoms with E-state index < -0.39 is 9.84 Å². The molecule has 0 radical (unpaired) electrons. The summed E-state index contributed by atoms with van der Waals surface area (Å²) in [5, 5.41) is 0. The van der Waals surface area contributed by atoms with Crippen LogP contribution in [0, 0.1) is 13.8 Å². The Hall–Kier alpha value is -1.41. The first-order valence-corrected chi connectivity index (χ1v) is 9.84. The highest BCUT2D eigenvalue weighted by molar-refractivity contribution is 7.91.